The fourth-order valence-corrected chi connectivity index (χ4v) is 3.20. The van der Waals surface area contributed by atoms with Crippen molar-refractivity contribution in [3.63, 3.8) is 0 Å². The zero-order valence-corrected chi connectivity index (χ0v) is 13.2. The molecule has 0 aliphatic rings. The summed E-state index contributed by atoms with van der Waals surface area (Å²) in [6.45, 7) is 2.58. The van der Waals surface area contributed by atoms with Crippen LogP contribution in [0.5, 0.6) is 5.75 Å². The van der Waals surface area contributed by atoms with Crippen LogP contribution in [0, 0.1) is 0 Å². The highest BCUT2D eigenvalue weighted by Gasteiger charge is 2.16. The minimum absolute atomic E-state index is 0.614. The number of fused-ring (bicyclic) bond motifs is 1. The summed E-state index contributed by atoms with van der Waals surface area (Å²) in [5, 5.41) is 14.0. The van der Waals surface area contributed by atoms with E-state index in [0.29, 0.717) is 12.4 Å². The van der Waals surface area contributed by atoms with E-state index in [0.717, 1.165) is 26.8 Å². The van der Waals surface area contributed by atoms with E-state index in [4.69, 9.17) is 4.74 Å². The van der Waals surface area contributed by atoms with Gasteiger partial charge in [0, 0.05) is 18.0 Å². The summed E-state index contributed by atoms with van der Waals surface area (Å²) in [5.41, 5.74) is 1.90. The average Bonchev–Trinajstić information content (AvgIpc) is 3.17. The van der Waals surface area contributed by atoms with Crippen LogP contribution in [0.15, 0.2) is 48.8 Å². The minimum Gasteiger partial charge on any atom is -0.493 e. The van der Waals surface area contributed by atoms with E-state index in [2.05, 4.69) is 20.3 Å². The molecule has 7 heteroatoms. The second-order valence-corrected chi connectivity index (χ2v) is 5.75. The van der Waals surface area contributed by atoms with Crippen LogP contribution in [0.4, 0.5) is 0 Å². The average molecular weight is 323 g/mol. The summed E-state index contributed by atoms with van der Waals surface area (Å²) in [7, 11) is 0. The molecule has 0 unspecified atom stereocenters. The third-order valence-corrected chi connectivity index (χ3v) is 4.28. The fourth-order valence-electron chi connectivity index (χ4n) is 2.33. The summed E-state index contributed by atoms with van der Waals surface area (Å²) < 4.78 is 7.45. The van der Waals surface area contributed by atoms with E-state index < -0.39 is 0 Å². The van der Waals surface area contributed by atoms with Crippen molar-refractivity contribution in [1.82, 2.24) is 24.8 Å². The maximum Gasteiger partial charge on any atom is 0.235 e. The van der Waals surface area contributed by atoms with Gasteiger partial charge >= 0.3 is 0 Å². The first-order valence-corrected chi connectivity index (χ1v) is 8.03. The second-order valence-electron chi connectivity index (χ2n) is 4.79. The van der Waals surface area contributed by atoms with Crippen LogP contribution in [-0.4, -0.2) is 31.4 Å². The predicted molar refractivity (Wildman–Crippen MR) is 88.5 cm³/mol. The molecule has 0 bridgehead atoms. The Kier molecular flexibility index (Phi) is 3.47. The van der Waals surface area contributed by atoms with Gasteiger partial charge in [-0.15, -0.1) is 10.2 Å². The number of hydrogen-bond acceptors (Lipinski definition) is 6. The SMILES string of the molecule is CCOc1ccccc1-c1nn2c(-c3ccncc3)nnc2s1. The van der Waals surface area contributed by atoms with E-state index in [-0.39, 0.29) is 0 Å². The van der Waals surface area contributed by atoms with Gasteiger partial charge in [0.25, 0.3) is 0 Å². The molecule has 0 amide bonds. The molecule has 6 nitrogen and oxygen atoms in total. The summed E-state index contributed by atoms with van der Waals surface area (Å²) in [5.74, 6) is 1.53. The normalized spacial score (nSPS) is 11.0. The van der Waals surface area contributed by atoms with E-state index in [1.807, 2.05) is 43.3 Å². The van der Waals surface area contributed by atoms with Crippen molar-refractivity contribution in [2.45, 2.75) is 6.92 Å². The lowest BCUT2D eigenvalue weighted by atomic mass is 10.2. The molecule has 3 aromatic heterocycles. The van der Waals surface area contributed by atoms with Crippen molar-refractivity contribution >= 4 is 16.3 Å². The van der Waals surface area contributed by atoms with Gasteiger partial charge < -0.3 is 4.74 Å². The number of nitrogens with zero attached hydrogens (tertiary/aromatic N) is 5. The molecule has 4 rings (SSSR count). The van der Waals surface area contributed by atoms with Crippen molar-refractivity contribution < 1.29 is 4.74 Å². The highest BCUT2D eigenvalue weighted by atomic mass is 32.1. The zero-order valence-electron chi connectivity index (χ0n) is 12.4. The number of pyridine rings is 1. The lowest BCUT2D eigenvalue weighted by Crippen LogP contribution is -1.95. The van der Waals surface area contributed by atoms with Crippen molar-refractivity contribution in [2.24, 2.45) is 0 Å². The molecule has 0 fully saturated rings. The smallest absolute Gasteiger partial charge is 0.235 e. The molecule has 0 saturated heterocycles. The van der Waals surface area contributed by atoms with Gasteiger partial charge in [0.15, 0.2) is 10.8 Å². The van der Waals surface area contributed by atoms with Crippen molar-refractivity contribution in [3.05, 3.63) is 48.8 Å². The van der Waals surface area contributed by atoms with Crippen molar-refractivity contribution in [2.75, 3.05) is 6.61 Å². The topological polar surface area (TPSA) is 65.2 Å². The molecule has 23 heavy (non-hydrogen) atoms. The lowest BCUT2D eigenvalue weighted by Gasteiger charge is -2.06. The van der Waals surface area contributed by atoms with Crippen LogP contribution >= 0.6 is 11.3 Å². The Morgan fingerprint density at radius 1 is 1.09 bits per heavy atom. The molecule has 0 spiro atoms. The number of rotatable bonds is 4. The molecule has 0 aliphatic carbocycles. The van der Waals surface area contributed by atoms with Crippen molar-refractivity contribution in [1.29, 1.82) is 0 Å². The summed E-state index contributed by atoms with van der Waals surface area (Å²) in [6.07, 6.45) is 3.46. The Hall–Kier alpha value is -2.80. The molecule has 3 heterocycles. The van der Waals surface area contributed by atoms with Gasteiger partial charge in [-0.1, -0.05) is 23.5 Å². The van der Waals surface area contributed by atoms with Gasteiger partial charge in [0.2, 0.25) is 4.96 Å². The van der Waals surface area contributed by atoms with E-state index >= 15 is 0 Å². The molecule has 0 saturated carbocycles. The summed E-state index contributed by atoms with van der Waals surface area (Å²) in [4.78, 5) is 4.78. The maximum absolute atomic E-state index is 5.69. The maximum atomic E-state index is 5.69. The molecule has 0 radical (unpaired) electrons. The Morgan fingerprint density at radius 2 is 1.91 bits per heavy atom. The van der Waals surface area contributed by atoms with Gasteiger partial charge in [0.1, 0.15) is 5.75 Å². The largest absolute Gasteiger partial charge is 0.493 e. The van der Waals surface area contributed by atoms with E-state index in [1.165, 1.54) is 11.3 Å². The Bertz CT molecular complexity index is 947. The first-order valence-electron chi connectivity index (χ1n) is 7.21. The summed E-state index contributed by atoms with van der Waals surface area (Å²) in [6, 6.07) is 11.7. The van der Waals surface area contributed by atoms with Crippen LogP contribution in [-0.2, 0) is 0 Å². The number of aromatic nitrogens is 5. The van der Waals surface area contributed by atoms with Crippen LogP contribution in [0.2, 0.25) is 0 Å². The number of para-hydroxylation sites is 1. The Balaban J connectivity index is 1.84. The summed E-state index contributed by atoms with van der Waals surface area (Å²) >= 11 is 1.49. The van der Waals surface area contributed by atoms with Gasteiger partial charge in [-0.05, 0) is 31.2 Å². The molecule has 1 aromatic carbocycles. The highest BCUT2D eigenvalue weighted by molar-refractivity contribution is 7.19. The first kappa shape index (κ1) is 13.8. The molecular weight excluding hydrogens is 310 g/mol. The number of ether oxygens (including phenoxy) is 1. The molecule has 0 aliphatic heterocycles. The van der Waals surface area contributed by atoms with E-state index in [1.54, 1.807) is 16.9 Å². The lowest BCUT2D eigenvalue weighted by molar-refractivity contribution is 0.341. The van der Waals surface area contributed by atoms with Gasteiger partial charge in [-0.2, -0.15) is 9.61 Å². The quantitative estimate of drug-likeness (QED) is 0.576. The van der Waals surface area contributed by atoms with Crippen LogP contribution in [0.25, 0.3) is 26.9 Å². The van der Waals surface area contributed by atoms with Crippen LogP contribution < -0.4 is 4.74 Å². The monoisotopic (exact) mass is 323 g/mol. The first-order chi connectivity index (χ1) is 11.4. The predicted octanol–water partition coefficient (Wildman–Crippen LogP) is 3.31. The third kappa shape index (κ3) is 2.44. The fraction of sp³-hybridized carbons (Fsp3) is 0.125. The molecule has 0 atom stereocenters. The minimum atomic E-state index is 0.614. The third-order valence-electron chi connectivity index (χ3n) is 3.35. The van der Waals surface area contributed by atoms with Gasteiger partial charge in [-0.3, -0.25) is 4.98 Å². The molecule has 0 N–H and O–H groups in total. The van der Waals surface area contributed by atoms with Gasteiger partial charge in [0.05, 0.1) is 12.2 Å². The molecular formula is C16H13N5OS. The van der Waals surface area contributed by atoms with Crippen molar-refractivity contribution in [3.8, 4) is 27.7 Å². The zero-order chi connectivity index (χ0) is 15.6. The molecule has 114 valence electrons. The standard InChI is InChI=1S/C16H13N5OS/c1-2-22-13-6-4-3-5-12(13)15-20-21-14(18-19-16(21)23-15)11-7-9-17-10-8-11/h3-10H,2H2,1H3. The van der Waals surface area contributed by atoms with Crippen LogP contribution in [0.1, 0.15) is 6.92 Å². The number of hydrogen-bond donors (Lipinski definition) is 0. The second kappa shape index (κ2) is 5.77. The molecule has 4 aromatic rings. The number of benzene rings is 1. The highest BCUT2D eigenvalue weighted by Crippen LogP contribution is 2.33. The van der Waals surface area contributed by atoms with Gasteiger partial charge in [-0.25, -0.2) is 0 Å². The van der Waals surface area contributed by atoms with E-state index in [9.17, 15) is 0 Å². The van der Waals surface area contributed by atoms with Crippen LogP contribution in [0.3, 0.4) is 0 Å². The Morgan fingerprint density at radius 3 is 2.74 bits per heavy atom. The Labute approximate surface area is 136 Å².